The molecule has 0 spiro atoms. The van der Waals surface area contributed by atoms with E-state index in [2.05, 4.69) is 10.1 Å². The van der Waals surface area contributed by atoms with Crippen molar-refractivity contribution in [1.29, 1.82) is 0 Å². The van der Waals surface area contributed by atoms with Crippen LogP contribution in [0, 0.1) is 6.92 Å². The number of aromatic nitrogens is 2. The highest BCUT2D eigenvalue weighted by atomic mass is 32.2. The van der Waals surface area contributed by atoms with Gasteiger partial charge in [-0.1, -0.05) is 48.3 Å². The van der Waals surface area contributed by atoms with Gasteiger partial charge in [0, 0.05) is 29.6 Å². The van der Waals surface area contributed by atoms with E-state index in [1.165, 1.54) is 0 Å². The molecule has 1 aliphatic heterocycles. The third kappa shape index (κ3) is 3.66. The van der Waals surface area contributed by atoms with Crippen LogP contribution in [0.15, 0.2) is 62.4 Å². The van der Waals surface area contributed by atoms with E-state index in [9.17, 15) is 8.42 Å². The highest BCUT2D eigenvalue weighted by molar-refractivity contribution is 7.89. The van der Waals surface area contributed by atoms with Gasteiger partial charge in [-0.05, 0) is 38.0 Å². The Balaban J connectivity index is 1.52. The highest BCUT2D eigenvalue weighted by Crippen LogP contribution is 2.35. The van der Waals surface area contributed by atoms with Gasteiger partial charge >= 0.3 is 0 Å². The lowest BCUT2D eigenvalue weighted by Crippen LogP contribution is -2.31. The predicted molar refractivity (Wildman–Crippen MR) is 117 cm³/mol. The molecule has 0 unspecified atom stereocenters. The molecule has 1 aliphatic rings. The molecule has 7 nitrogen and oxygen atoms in total. The molecule has 0 radical (unpaired) electrons. The van der Waals surface area contributed by atoms with Gasteiger partial charge in [-0.3, -0.25) is 0 Å². The zero-order valence-corrected chi connectivity index (χ0v) is 18.1. The summed E-state index contributed by atoms with van der Waals surface area (Å²) in [5.41, 5.74) is 2.20. The van der Waals surface area contributed by atoms with Gasteiger partial charge in [-0.25, -0.2) is 8.42 Å². The van der Waals surface area contributed by atoms with Gasteiger partial charge in [0.25, 0.3) is 5.89 Å². The van der Waals surface area contributed by atoms with Crippen molar-refractivity contribution >= 4 is 21.0 Å². The van der Waals surface area contributed by atoms with Crippen molar-refractivity contribution in [3.8, 4) is 23.0 Å². The van der Waals surface area contributed by atoms with Crippen molar-refractivity contribution in [2.45, 2.75) is 37.5 Å². The second kappa shape index (κ2) is 7.94. The number of rotatable bonds is 4. The standard InChI is InChI=1S/C23H23N3O4S/c1-16-19-15-18(31(27,28)26-13-7-2-3-8-14-26)11-12-20(19)29-21(16)23-24-22(25-30-23)17-9-5-4-6-10-17/h4-6,9-12,15H,2-3,7-8,13-14H2,1H3. The van der Waals surface area contributed by atoms with Crippen LogP contribution < -0.4 is 0 Å². The molecule has 2 aromatic carbocycles. The van der Waals surface area contributed by atoms with E-state index in [1.807, 2.05) is 37.3 Å². The minimum absolute atomic E-state index is 0.268. The summed E-state index contributed by atoms with van der Waals surface area (Å²) in [6.45, 7) is 3.01. The van der Waals surface area contributed by atoms with Crippen molar-refractivity contribution < 1.29 is 17.4 Å². The smallest absolute Gasteiger partial charge is 0.294 e. The van der Waals surface area contributed by atoms with E-state index in [0.717, 1.165) is 42.2 Å². The molecule has 5 rings (SSSR count). The van der Waals surface area contributed by atoms with Crippen LogP contribution in [0.2, 0.25) is 0 Å². The zero-order valence-electron chi connectivity index (χ0n) is 17.2. The maximum Gasteiger partial charge on any atom is 0.294 e. The number of sulfonamides is 1. The quantitative estimate of drug-likeness (QED) is 0.445. The molecule has 2 aromatic heterocycles. The van der Waals surface area contributed by atoms with E-state index in [-0.39, 0.29) is 10.8 Å². The van der Waals surface area contributed by atoms with Crippen molar-refractivity contribution in [3.63, 3.8) is 0 Å². The fourth-order valence-corrected chi connectivity index (χ4v) is 5.56. The fourth-order valence-electron chi connectivity index (χ4n) is 4.02. The average molecular weight is 438 g/mol. The molecule has 0 N–H and O–H groups in total. The van der Waals surface area contributed by atoms with Crippen molar-refractivity contribution in [2.24, 2.45) is 0 Å². The van der Waals surface area contributed by atoms with Crippen LogP contribution in [0.3, 0.4) is 0 Å². The first-order valence-corrected chi connectivity index (χ1v) is 11.9. The lowest BCUT2D eigenvalue weighted by Gasteiger charge is -2.19. The monoisotopic (exact) mass is 437 g/mol. The first kappa shape index (κ1) is 20.0. The van der Waals surface area contributed by atoms with Gasteiger partial charge in [0.2, 0.25) is 15.8 Å². The zero-order chi connectivity index (χ0) is 21.4. The summed E-state index contributed by atoms with van der Waals surface area (Å²) in [5, 5.41) is 4.78. The van der Waals surface area contributed by atoms with Crippen LogP contribution >= 0.6 is 0 Å². The van der Waals surface area contributed by atoms with Gasteiger partial charge in [0.1, 0.15) is 5.58 Å². The highest BCUT2D eigenvalue weighted by Gasteiger charge is 2.27. The third-order valence-electron chi connectivity index (χ3n) is 5.76. The molecule has 3 heterocycles. The number of nitrogens with zero attached hydrogens (tertiary/aromatic N) is 3. The Bertz CT molecular complexity index is 1320. The Morgan fingerprint density at radius 3 is 2.45 bits per heavy atom. The van der Waals surface area contributed by atoms with E-state index >= 15 is 0 Å². The first-order valence-electron chi connectivity index (χ1n) is 10.5. The van der Waals surface area contributed by atoms with Gasteiger partial charge in [-0.2, -0.15) is 9.29 Å². The molecule has 0 amide bonds. The predicted octanol–water partition coefficient (Wildman–Crippen LogP) is 5.02. The van der Waals surface area contributed by atoms with Crippen LogP contribution in [0.5, 0.6) is 0 Å². The summed E-state index contributed by atoms with van der Waals surface area (Å²) in [6.07, 6.45) is 3.95. The van der Waals surface area contributed by atoms with Crippen LogP contribution in [0.4, 0.5) is 0 Å². The Labute approximate surface area is 180 Å². The molecule has 1 saturated heterocycles. The van der Waals surface area contributed by atoms with Crippen LogP contribution in [0.1, 0.15) is 31.2 Å². The van der Waals surface area contributed by atoms with Crippen molar-refractivity contribution in [2.75, 3.05) is 13.1 Å². The van der Waals surface area contributed by atoms with Crippen molar-refractivity contribution in [3.05, 3.63) is 54.1 Å². The number of hydrogen-bond acceptors (Lipinski definition) is 6. The Hall–Kier alpha value is -2.97. The van der Waals surface area contributed by atoms with Gasteiger partial charge in [-0.15, -0.1) is 0 Å². The summed E-state index contributed by atoms with van der Waals surface area (Å²) < 4.78 is 39.4. The number of fused-ring (bicyclic) bond motifs is 1. The van der Waals surface area contributed by atoms with Crippen molar-refractivity contribution in [1.82, 2.24) is 14.4 Å². The molecule has 0 saturated carbocycles. The molecule has 4 aromatic rings. The lowest BCUT2D eigenvalue weighted by molar-refractivity contribution is 0.419. The van der Waals surface area contributed by atoms with E-state index < -0.39 is 10.0 Å². The second-order valence-corrected chi connectivity index (χ2v) is 9.76. The van der Waals surface area contributed by atoms with E-state index in [1.54, 1.807) is 22.5 Å². The fraction of sp³-hybridized carbons (Fsp3) is 0.304. The number of aryl methyl sites for hydroxylation is 1. The lowest BCUT2D eigenvalue weighted by atomic mass is 10.1. The molecular weight excluding hydrogens is 414 g/mol. The SMILES string of the molecule is Cc1c(-c2nc(-c3ccccc3)no2)oc2ccc(S(=O)(=O)N3CCCCCC3)cc12. The number of furan rings is 1. The Morgan fingerprint density at radius 2 is 1.71 bits per heavy atom. The van der Waals surface area contributed by atoms with Crippen LogP contribution in [-0.2, 0) is 10.0 Å². The molecule has 0 atom stereocenters. The normalized spacial score (nSPS) is 15.9. The van der Waals surface area contributed by atoms with Crippen LogP contribution in [0.25, 0.3) is 34.0 Å². The van der Waals surface area contributed by atoms with Gasteiger partial charge < -0.3 is 8.94 Å². The summed E-state index contributed by atoms with van der Waals surface area (Å²) in [7, 11) is -3.54. The maximum atomic E-state index is 13.2. The van der Waals surface area contributed by atoms with Gasteiger partial charge in [0.15, 0.2) is 5.76 Å². The number of hydrogen-bond donors (Lipinski definition) is 0. The first-order chi connectivity index (χ1) is 15.0. The Kier molecular flexibility index (Phi) is 5.11. The molecule has 0 bridgehead atoms. The van der Waals surface area contributed by atoms with Crippen LogP contribution in [-0.4, -0.2) is 36.0 Å². The Morgan fingerprint density at radius 1 is 0.968 bits per heavy atom. The third-order valence-corrected chi connectivity index (χ3v) is 7.66. The second-order valence-electron chi connectivity index (χ2n) is 7.82. The minimum Gasteiger partial charge on any atom is -0.451 e. The maximum absolute atomic E-state index is 13.2. The topological polar surface area (TPSA) is 89.4 Å². The molecule has 1 fully saturated rings. The molecule has 8 heteroatoms. The molecule has 0 aliphatic carbocycles. The van der Waals surface area contributed by atoms with E-state index in [0.29, 0.717) is 30.3 Å². The summed E-state index contributed by atoms with van der Waals surface area (Å²) in [4.78, 5) is 4.75. The summed E-state index contributed by atoms with van der Waals surface area (Å²) >= 11 is 0. The van der Waals surface area contributed by atoms with E-state index in [4.69, 9.17) is 8.94 Å². The minimum atomic E-state index is -3.54. The molecule has 160 valence electrons. The number of benzene rings is 2. The largest absolute Gasteiger partial charge is 0.451 e. The summed E-state index contributed by atoms with van der Waals surface area (Å²) in [6, 6.07) is 14.5. The molecule has 31 heavy (non-hydrogen) atoms. The summed E-state index contributed by atoms with van der Waals surface area (Å²) in [5.74, 6) is 1.19. The van der Waals surface area contributed by atoms with Gasteiger partial charge in [0.05, 0.1) is 4.90 Å². The average Bonchev–Trinajstić information content (AvgIpc) is 3.28. The molecular formula is C23H23N3O4S.